The van der Waals surface area contributed by atoms with Gasteiger partial charge in [-0.05, 0) is 46.5 Å². The van der Waals surface area contributed by atoms with Gasteiger partial charge < -0.3 is 24.8 Å². The van der Waals surface area contributed by atoms with Crippen LogP contribution in [0.25, 0.3) is 0 Å². The summed E-state index contributed by atoms with van der Waals surface area (Å²) >= 11 is 0. The molecular weight excluding hydrogens is 808 g/mol. The molecule has 0 saturated heterocycles. The number of esters is 1. The van der Waals surface area contributed by atoms with Crippen molar-refractivity contribution in [3.8, 4) is 0 Å². The number of phosphoric ester groups is 1. The first-order valence-corrected chi connectivity index (χ1v) is 26.5. The summed E-state index contributed by atoms with van der Waals surface area (Å²) in [4.78, 5) is 38.1. The van der Waals surface area contributed by atoms with Crippen molar-refractivity contribution in [1.82, 2.24) is 10.6 Å². The molecule has 0 bridgehead atoms. The van der Waals surface area contributed by atoms with Crippen LogP contribution in [-0.2, 0) is 41.9 Å². The zero-order chi connectivity index (χ0) is 46.0. The second-order valence-electron chi connectivity index (χ2n) is 17.9. The van der Waals surface area contributed by atoms with Crippen molar-refractivity contribution in [2.24, 2.45) is 0 Å². The quantitative estimate of drug-likeness (QED) is 0.0262. The fraction of sp³-hybridized carbons (Fsp3) is 0.898. The fourth-order valence-electron chi connectivity index (χ4n) is 6.95. The monoisotopic (exact) mass is 903 g/mol. The highest BCUT2D eigenvalue weighted by atomic mass is 31.2. The molecule has 2 N–H and O–H groups in total. The number of unbranched alkanes of at least 4 members (excludes halogenated alkanes) is 22. The second-order valence-corrected chi connectivity index (χ2v) is 19.6. The van der Waals surface area contributed by atoms with Crippen LogP contribution in [0, 0.1) is 0 Å². The average molecular weight is 903 g/mol. The maximum atomic E-state index is 13.6. The van der Waals surface area contributed by atoms with Crippen LogP contribution in [0.2, 0.25) is 0 Å². The maximum Gasteiger partial charge on any atom is 0.475 e. The lowest BCUT2D eigenvalue weighted by Crippen LogP contribution is -2.41. The van der Waals surface area contributed by atoms with Gasteiger partial charge in [-0.2, -0.15) is 0 Å². The number of ether oxygens (including phenoxy) is 3. The lowest BCUT2D eigenvalue weighted by atomic mass is 10.1. The number of carbonyl (C=O) groups excluding carboxylic acids is 3. The van der Waals surface area contributed by atoms with E-state index in [0.717, 1.165) is 64.2 Å². The molecule has 0 radical (unpaired) electrons. The Labute approximate surface area is 379 Å². The molecule has 0 fully saturated rings. The molecule has 366 valence electrons. The predicted octanol–water partition coefficient (Wildman–Crippen LogP) is 13.6. The number of carbonyl (C=O) groups is 3. The zero-order valence-electron chi connectivity index (χ0n) is 40.7. The van der Waals surface area contributed by atoms with E-state index in [0.29, 0.717) is 25.9 Å². The maximum absolute atomic E-state index is 13.6. The Balaban J connectivity index is 5.32. The third-order valence-corrected chi connectivity index (χ3v) is 11.9. The van der Waals surface area contributed by atoms with Crippen LogP contribution in [0.5, 0.6) is 0 Å². The largest absolute Gasteiger partial charge is 0.475 e. The van der Waals surface area contributed by atoms with E-state index in [-0.39, 0.29) is 51.0 Å². The minimum atomic E-state index is -4.12. The number of phosphoric acid groups is 1. The summed E-state index contributed by atoms with van der Waals surface area (Å²) in [5.41, 5.74) is -0.669. The summed E-state index contributed by atoms with van der Waals surface area (Å²) in [6.07, 6.45) is 32.1. The molecule has 0 aliphatic carbocycles. The van der Waals surface area contributed by atoms with Crippen molar-refractivity contribution in [1.29, 1.82) is 0 Å². The van der Waals surface area contributed by atoms with Gasteiger partial charge >= 0.3 is 19.9 Å². The van der Waals surface area contributed by atoms with Gasteiger partial charge in [-0.25, -0.2) is 9.36 Å². The van der Waals surface area contributed by atoms with Crippen molar-refractivity contribution >= 4 is 25.8 Å². The molecule has 0 aromatic heterocycles. The number of hydrogen-bond acceptors (Lipinski definition) is 10. The molecule has 0 aromatic carbocycles. The smallest absolute Gasteiger partial charge is 0.462 e. The van der Waals surface area contributed by atoms with Crippen LogP contribution in [0.1, 0.15) is 228 Å². The van der Waals surface area contributed by atoms with Gasteiger partial charge in [0, 0.05) is 25.8 Å². The number of nitrogens with one attached hydrogen (secondary N) is 2. The molecule has 0 aliphatic rings. The molecule has 3 atom stereocenters. The lowest BCUT2D eigenvalue weighted by Gasteiger charge is -2.23. The average Bonchev–Trinajstić information content (AvgIpc) is 3.22. The third-order valence-electron chi connectivity index (χ3n) is 10.5. The van der Waals surface area contributed by atoms with Crippen LogP contribution in [-0.4, -0.2) is 75.3 Å². The van der Waals surface area contributed by atoms with E-state index in [1.165, 1.54) is 109 Å². The highest BCUT2D eigenvalue weighted by molar-refractivity contribution is 7.48. The normalized spacial score (nSPS) is 13.6. The van der Waals surface area contributed by atoms with Gasteiger partial charge in [-0.3, -0.25) is 23.2 Å². The molecule has 62 heavy (non-hydrogen) atoms. The van der Waals surface area contributed by atoms with E-state index in [1.807, 2.05) is 0 Å². The summed E-state index contributed by atoms with van der Waals surface area (Å²) in [6, 6.07) is -0.652. The van der Waals surface area contributed by atoms with Crippen LogP contribution in [0.3, 0.4) is 0 Å². The van der Waals surface area contributed by atoms with Gasteiger partial charge in [0.05, 0.1) is 39.1 Å². The first kappa shape index (κ1) is 60.0. The minimum Gasteiger partial charge on any atom is -0.462 e. The SMILES string of the molecule is C=CCOP(=O)(OCCNC(=O)OC(C)(C)C)OC[C@@H](COCC[C@@H](CCCCCCC)OC(=O)CCCCCCCCCCC)NC(=O)CCCCCCCCCCCCC. The molecule has 0 heterocycles. The molecular formula is C49H95N2O10P. The van der Waals surface area contributed by atoms with Crippen LogP contribution in [0.4, 0.5) is 4.79 Å². The van der Waals surface area contributed by atoms with Gasteiger partial charge in [-0.1, -0.05) is 168 Å². The van der Waals surface area contributed by atoms with Gasteiger partial charge in [0.2, 0.25) is 5.91 Å². The lowest BCUT2D eigenvalue weighted by molar-refractivity contribution is -0.150. The van der Waals surface area contributed by atoms with Crippen LogP contribution in [0.15, 0.2) is 12.7 Å². The highest BCUT2D eigenvalue weighted by Crippen LogP contribution is 2.49. The van der Waals surface area contributed by atoms with E-state index >= 15 is 0 Å². The fourth-order valence-corrected chi connectivity index (χ4v) is 8.13. The van der Waals surface area contributed by atoms with E-state index in [2.05, 4.69) is 38.0 Å². The Hall–Kier alpha value is -1.98. The van der Waals surface area contributed by atoms with E-state index < -0.39 is 25.6 Å². The van der Waals surface area contributed by atoms with Crippen molar-refractivity contribution < 1.29 is 46.7 Å². The van der Waals surface area contributed by atoms with Crippen molar-refractivity contribution in [3.63, 3.8) is 0 Å². The number of alkyl carbamates (subject to hydrolysis) is 1. The van der Waals surface area contributed by atoms with Crippen molar-refractivity contribution in [3.05, 3.63) is 12.7 Å². The molecule has 13 heteroatoms. The first-order chi connectivity index (χ1) is 29.9. The molecule has 0 aliphatic heterocycles. The van der Waals surface area contributed by atoms with Gasteiger partial charge in [0.1, 0.15) is 11.7 Å². The Morgan fingerprint density at radius 3 is 1.63 bits per heavy atom. The van der Waals surface area contributed by atoms with Crippen LogP contribution < -0.4 is 10.6 Å². The molecule has 2 amide bonds. The van der Waals surface area contributed by atoms with Crippen LogP contribution >= 0.6 is 7.82 Å². The molecule has 0 rings (SSSR count). The Bertz CT molecular complexity index is 1130. The first-order valence-electron chi connectivity index (χ1n) is 25.1. The van der Waals surface area contributed by atoms with Gasteiger partial charge in [-0.15, -0.1) is 6.58 Å². The Morgan fingerprint density at radius 2 is 1.11 bits per heavy atom. The zero-order valence-corrected chi connectivity index (χ0v) is 41.6. The number of rotatable bonds is 45. The molecule has 1 unspecified atom stereocenters. The third kappa shape index (κ3) is 40.8. The minimum absolute atomic E-state index is 0.00544. The summed E-state index contributed by atoms with van der Waals surface area (Å²) < 4.78 is 47.7. The number of amides is 2. The second kappa shape index (κ2) is 41.7. The molecule has 0 saturated carbocycles. The van der Waals surface area contributed by atoms with E-state index in [9.17, 15) is 18.9 Å². The van der Waals surface area contributed by atoms with Crippen molar-refractivity contribution in [2.75, 3.05) is 39.6 Å². The van der Waals surface area contributed by atoms with Crippen molar-refractivity contribution in [2.45, 2.75) is 245 Å². The number of hydrogen-bond donors (Lipinski definition) is 2. The van der Waals surface area contributed by atoms with Gasteiger partial charge in [0.25, 0.3) is 0 Å². The van der Waals surface area contributed by atoms with Gasteiger partial charge in [0.15, 0.2) is 0 Å². The summed E-state index contributed by atoms with van der Waals surface area (Å²) in [5.74, 6) is -0.290. The summed E-state index contributed by atoms with van der Waals surface area (Å²) in [5, 5.41) is 5.57. The standard InChI is InChI=1S/C49H95N2O10P/c1-8-12-15-18-20-22-23-25-26-29-32-35-46(52)51-44(43-59-62(55,57-39-11-4)58-41-38-50-48(54)61-49(5,6)7)42-56-40-37-45(34-31-28-17-14-10-3)60-47(53)36-33-30-27-24-21-19-16-13-9-2/h11,44-45H,4,8-10,12-43H2,1-3,5-7H3,(H,50,54)(H,51,52)/t44-,45-,62?/m1/s1. The summed E-state index contributed by atoms with van der Waals surface area (Å²) in [7, 11) is -4.12. The molecule has 0 spiro atoms. The highest BCUT2D eigenvalue weighted by Gasteiger charge is 2.29. The Morgan fingerprint density at radius 1 is 0.613 bits per heavy atom. The Kier molecular flexibility index (Phi) is 40.4. The summed E-state index contributed by atoms with van der Waals surface area (Å²) in [6.45, 7) is 15.5. The van der Waals surface area contributed by atoms with E-state index in [1.54, 1.807) is 20.8 Å². The predicted molar refractivity (Wildman–Crippen MR) is 253 cm³/mol. The molecule has 0 aromatic rings. The molecule has 12 nitrogen and oxygen atoms in total. The topological polar surface area (TPSA) is 148 Å². The van der Waals surface area contributed by atoms with E-state index in [4.69, 9.17) is 27.8 Å².